The Hall–Kier alpha value is -1.92. The minimum Gasteiger partial charge on any atom is -0.466 e. The highest BCUT2D eigenvalue weighted by Gasteiger charge is 2.18. The number of aliphatic hydroxyl groups excluding tert-OH is 2. The van der Waals surface area contributed by atoms with Crippen LogP contribution in [0.3, 0.4) is 0 Å². The van der Waals surface area contributed by atoms with Crippen LogP contribution in [0.2, 0.25) is 0 Å². The summed E-state index contributed by atoms with van der Waals surface area (Å²) in [5.41, 5.74) is 0. The molecule has 3 N–H and O–H groups in total. The van der Waals surface area contributed by atoms with Gasteiger partial charge in [0.05, 0.1) is 25.4 Å². The first kappa shape index (κ1) is 72.1. The van der Waals surface area contributed by atoms with Gasteiger partial charge in [-0.3, -0.25) is 9.59 Å². The first-order valence-corrected chi connectivity index (χ1v) is 33.3. The number of rotatable bonds is 62. The van der Waals surface area contributed by atoms with Gasteiger partial charge in [-0.25, -0.2) is 0 Å². The SMILES string of the molecule is CCCC/C=C\C/C=C\CCCCCCCC(=O)OCCCCCCCCCCCCCCCCCCCCCCC(=O)NC(CO)C(O)/C=C/CCCCCCCCCCCCCCCCCCCCCCC. The zero-order chi connectivity index (χ0) is 53.6. The van der Waals surface area contributed by atoms with Gasteiger partial charge in [0.15, 0.2) is 0 Å². The van der Waals surface area contributed by atoms with Gasteiger partial charge in [0, 0.05) is 12.8 Å². The monoisotopic (exact) mass is 1040 g/mol. The average molecular weight is 1040 g/mol. The maximum Gasteiger partial charge on any atom is 0.305 e. The lowest BCUT2D eigenvalue weighted by Crippen LogP contribution is -2.45. The van der Waals surface area contributed by atoms with Gasteiger partial charge < -0.3 is 20.3 Å². The van der Waals surface area contributed by atoms with Crippen LogP contribution in [0.4, 0.5) is 0 Å². The molecule has 0 aromatic carbocycles. The van der Waals surface area contributed by atoms with Crippen molar-refractivity contribution in [1.82, 2.24) is 5.32 Å². The summed E-state index contributed by atoms with van der Waals surface area (Å²) in [6.45, 7) is 4.88. The summed E-state index contributed by atoms with van der Waals surface area (Å²) in [6.07, 6.45) is 80.5. The Bertz CT molecular complexity index is 1200. The number of ether oxygens (including phenoxy) is 1. The molecule has 0 saturated heterocycles. The second-order valence-corrected chi connectivity index (χ2v) is 22.8. The van der Waals surface area contributed by atoms with Crippen LogP contribution in [0.15, 0.2) is 36.5 Å². The van der Waals surface area contributed by atoms with Crippen LogP contribution < -0.4 is 5.32 Å². The van der Waals surface area contributed by atoms with E-state index in [1.165, 1.54) is 283 Å². The van der Waals surface area contributed by atoms with Crippen molar-refractivity contribution >= 4 is 11.9 Å². The molecule has 1 amide bonds. The number of nitrogens with one attached hydrogen (secondary N) is 1. The van der Waals surface area contributed by atoms with Crippen molar-refractivity contribution < 1.29 is 24.5 Å². The molecule has 0 aliphatic carbocycles. The van der Waals surface area contributed by atoms with Crippen molar-refractivity contribution in [3.8, 4) is 0 Å². The number of amides is 1. The fourth-order valence-corrected chi connectivity index (χ4v) is 10.3. The quantitative estimate of drug-likeness (QED) is 0.0320. The Labute approximate surface area is 462 Å². The smallest absolute Gasteiger partial charge is 0.305 e. The van der Waals surface area contributed by atoms with E-state index in [1.54, 1.807) is 6.08 Å². The van der Waals surface area contributed by atoms with Crippen molar-refractivity contribution in [2.24, 2.45) is 0 Å². The van der Waals surface area contributed by atoms with E-state index in [-0.39, 0.29) is 18.5 Å². The van der Waals surface area contributed by atoms with Crippen molar-refractivity contribution in [3.63, 3.8) is 0 Å². The largest absolute Gasteiger partial charge is 0.466 e. The zero-order valence-electron chi connectivity index (χ0n) is 49.8. The average Bonchev–Trinajstić information content (AvgIpc) is 3.40. The standard InChI is InChI=1S/C68H129NO5/c1-3-5-7-9-11-13-15-17-19-20-21-22-23-24-27-30-33-36-40-44-48-52-56-60-66(71)65(64-70)69-67(72)61-57-53-49-45-41-37-34-31-28-25-26-29-32-35-39-43-47-51-55-59-63-74-68(73)62-58-54-50-46-42-38-18-16-14-12-10-8-6-4-2/h10,12,16,18,56,60,65-66,70-71H,3-9,11,13-15,17,19-55,57-59,61-64H2,1-2H3,(H,69,72)/b12-10-,18-16-,60-56+. The maximum absolute atomic E-state index is 12.5. The molecule has 74 heavy (non-hydrogen) atoms. The highest BCUT2D eigenvalue weighted by molar-refractivity contribution is 5.76. The van der Waals surface area contributed by atoms with E-state index in [2.05, 4.69) is 43.5 Å². The van der Waals surface area contributed by atoms with Gasteiger partial charge in [-0.2, -0.15) is 0 Å². The predicted octanol–water partition coefficient (Wildman–Crippen LogP) is 21.1. The molecule has 0 aromatic heterocycles. The fraction of sp³-hybridized carbons (Fsp3) is 0.882. The zero-order valence-corrected chi connectivity index (χ0v) is 49.8. The lowest BCUT2D eigenvalue weighted by Gasteiger charge is -2.20. The van der Waals surface area contributed by atoms with Crippen LogP contribution in [0.5, 0.6) is 0 Å². The molecule has 0 rings (SSSR count). The van der Waals surface area contributed by atoms with Gasteiger partial charge in [0.1, 0.15) is 0 Å². The molecule has 2 atom stereocenters. The van der Waals surface area contributed by atoms with Gasteiger partial charge in [-0.1, -0.05) is 326 Å². The summed E-state index contributed by atoms with van der Waals surface area (Å²) in [6, 6.07) is -0.631. The number of hydrogen-bond acceptors (Lipinski definition) is 5. The Kier molecular flexibility index (Phi) is 62.0. The minimum atomic E-state index is -0.848. The second-order valence-electron chi connectivity index (χ2n) is 22.8. The number of allylic oxidation sites excluding steroid dienone is 5. The van der Waals surface area contributed by atoms with Crippen molar-refractivity contribution in [2.45, 2.75) is 373 Å². The normalized spacial score (nSPS) is 12.8. The van der Waals surface area contributed by atoms with E-state index in [0.29, 0.717) is 19.4 Å². The molecule has 0 heterocycles. The van der Waals surface area contributed by atoms with E-state index in [0.717, 1.165) is 51.4 Å². The van der Waals surface area contributed by atoms with Gasteiger partial charge in [0.2, 0.25) is 5.91 Å². The van der Waals surface area contributed by atoms with Crippen LogP contribution >= 0.6 is 0 Å². The molecule has 6 heteroatoms. The summed E-state index contributed by atoms with van der Waals surface area (Å²) < 4.78 is 5.47. The summed E-state index contributed by atoms with van der Waals surface area (Å²) >= 11 is 0. The van der Waals surface area contributed by atoms with E-state index >= 15 is 0 Å². The molecule has 0 aliphatic heterocycles. The van der Waals surface area contributed by atoms with Crippen molar-refractivity contribution in [3.05, 3.63) is 36.5 Å². The highest BCUT2D eigenvalue weighted by Crippen LogP contribution is 2.18. The molecule has 0 aliphatic rings. The fourth-order valence-electron chi connectivity index (χ4n) is 10.3. The van der Waals surface area contributed by atoms with Crippen LogP contribution in [0.1, 0.15) is 361 Å². The molecule has 436 valence electrons. The third-order valence-electron chi connectivity index (χ3n) is 15.4. The molecular formula is C68H129NO5. The van der Waals surface area contributed by atoms with Gasteiger partial charge >= 0.3 is 5.97 Å². The predicted molar refractivity (Wildman–Crippen MR) is 324 cm³/mol. The number of unbranched alkanes of at least 4 members (excludes halogenated alkanes) is 47. The summed E-state index contributed by atoms with van der Waals surface area (Å²) in [5, 5.41) is 23.2. The summed E-state index contributed by atoms with van der Waals surface area (Å²) in [5.74, 6) is -0.0710. The maximum atomic E-state index is 12.5. The Morgan fingerprint density at radius 3 is 1.07 bits per heavy atom. The van der Waals surface area contributed by atoms with Gasteiger partial charge in [-0.15, -0.1) is 0 Å². The summed E-state index contributed by atoms with van der Waals surface area (Å²) in [4.78, 5) is 24.6. The van der Waals surface area contributed by atoms with Crippen LogP contribution in [-0.4, -0.2) is 47.4 Å². The topological polar surface area (TPSA) is 95.9 Å². The van der Waals surface area contributed by atoms with Crippen molar-refractivity contribution in [2.75, 3.05) is 13.2 Å². The lowest BCUT2D eigenvalue weighted by atomic mass is 10.0. The Balaban J connectivity index is 3.43. The number of esters is 1. The van der Waals surface area contributed by atoms with Crippen molar-refractivity contribution in [1.29, 1.82) is 0 Å². The molecule has 2 unspecified atom stereocenters. The van der Waals surface area contributed by atoms with Crippen LogP contribution in [0.25, 0.3) is 0 Å². The minimum absolute atomic E-state index is 0.00427. The molecule has 0 radical (unpaired) electrons. The van der Waals surface area contributed by atoms with E-state index < -0.39 is 12.1 Å². The Morgan fingerprint density at radius 1 is 0.378 bits per heavy atom. The third kappa shape index (κ3) is 59.3. The Morgan fingerprint density at radius 2 is 0.689 bits per heavy atom. The first-order valence-electron chi connectivity index (χ1n) is 33.3. The molecule has 6 nitrogen and oxygen atoms in total. The molecule has 0 saturated carbocycles. The van der Waals surface area contributed by atoms with Gasteiger partial charge in [0.25, 0.3) is 0 Å². The number of carbonyl (C=O) groups excluding carboxylic acids is 2. The van der Waals surface area contributed by atoms with E-state index in [4.69, 9.17) is 4.74 Å². The van der Waals surface area contributed by atoms with Crippen LogP contribution in [0, 0.1) is 0 Å². The lowest BCUT2D eigenvalue weighted by molar-refractivity contribution is -0.143. The molecular weight excluding hydrogens is 911 g/mol. The molecule has 0 aromatic rings. The molecule has 0 bridgehead atoms. The third-order valence-corrected chi connectivity index (χ3v) is 15.4. The number of carbonyl (C=O) groups is 2. The van der Waals surface area contributed by atoms with E-state index in [9.17, 15) is 19.8 Å². The summed E-state index contributed by atoms with van der Waals surface area (Å²) in [7, 11) is 0. The number of aliphatic hydroxyl groups is 2. The van der Waals surface area contributed by atoms with E-state index in [1.807, 2.05) is 6.08 Å². The molecule has 0 fully saturated rings. The second kappa shape index (κ2) is 63.6. The van der Waals surface area contributed by atoms with Gasteiger partial charge in [-0.05, 0) is 57.8 Å². The first-order chi connectivity index (χ1) is 36.5. The molecule has 0 spiro atoms. The number of hydrogen-bond donors (Lipinski definition) is 3. The van der Waals surface area contributed by atoms with Crippen LogP contribution in [-0.2, 0) is 14.3 Å². The highest BCUT2D eigenvalue weighted by atomic mass is 16.5.